The first-order valence-corrected chi connectivity index (χ1v) is 6.82. The van der Waals surface area contributed by atoms with Gasteiger partial charge in [0.15, 0.2) is 0 Å². The lowest BCUT2D eigenvalue weighted by Gasteiger charge is -2.18. The minimum absolute atomic E-state index is 0.0339. The summed E-state index contributed by atoms with van der Waals surface area (Å²) in [5, 5.41) is 13.8. The Morgan fingerprint density at radius 2 is 2.32 bits per heavy atom. The van der Waals surface area contributed by atoms with Crippen LogP contribution in [0.4, 0.5) is 0 Å². The van der Waals surface area contributed by atoms with Gasteiger partial charge in [0.1, 0.15) is 9.88 Å². The van der Waals surface area contributed by atoms with E-state index in [-0.39, 0.29) is 12.5 Å². The summed E-state index contributed by atoms with van der Waals surface area (Å²) in [6.07, 6.45) is 5.16. The first kappa shape index (κ1) is 13.7. The number of aromatic nitrogens is 3. The lowest BCUT2D eigenvalue weighted by molar-refractivity contribution is 0.0736. The molecule has 1 amide bonds. The van der Waals surface area contributed by atoms with Gasteiger partial charge in [0.25, 0.3) is 5.91 Å². The van der Waals surface area contributed by atoms with Crippen molar-refractivity contribution in [2.45, 2.75) is 6.92 Å². The predicted octanol–water partition coefficient (Wildman–Crippen LogP) is 0.998. The van der Waals surface area contributed by atoms with Gasteiger partial charge in [-0.15, -0.1) is 11.3 Å². The van der Waals surface area contributed by atoms with Crippen LogP contribution in [0.25, 0.3) is 10.6 Å². The smallest absolute Gasteiger partial charge is 0.265 e. The SMILES string of the molecule is CCN(CCO)C(=O)c1cnc(-c2cnn(C)c2)s1. The van der Waals surface area contributed by atoms with Crippen molar-refractivity contribution in [1.82, 2.24) is 19.7 Å². The lowest BCUT2D eigenvalue weighted by Crippen LogP contribution is -2.32. The van der Waals surface area contributed by atoms with Crippen molar-refractivity contribution in [2.75, 3.05) is 19.7 Å². The molecule has 102 valence electrons. The summed E-state index contributed by atoms with van der Waals surface area (Å²) in [6.45, 7) is 2.76. The zero-order valence-corrected chi connectivity index (χ0v) is 11.7. The maximum Gasteiger partial charge on any atom is 0.265 e. The molecule has 6 nitrogen and oxygen atoms in total. The van der Waals surface area contributed by atoms with Crippen molar-refractivity contribution in [3.63, 3.8) is 0 Å². The van der Waals surface area contributed by atoms with Gasteiger partial charge in [-0.2, -0.15) is 5.10 Å². The second-order valence-electron chi connectivity index (χ2n) is 4.04. The fraction of sp³-hybridized carbons (Fsp3) is 0.417. The van der Waals surface area contributed by atoms with E-state index >= 15 is 0 Å². The second kappa shape index (κ2) is 5.94. The van der Waals surface area contributed by atoms with Gasteiger partial charge in [0.05, 0.1) is 19.0 Å². The number of likely N-dealkylation sites (N-methyl/N-ethyl adjacent to an activating group) is 1. The van der Waals surface area contributed by atoms with Crippen LogP contribution in [0.5, 0.6) is 0 Å². The Kier molecular flexibility index (Phi) is 4.28. The van der Waals surface area contributed by atoms with Crippen LogP contribution in [0.3, 0.4) is 0 Å². The average Bonchev–Trinajstić information content (AvgIpc) is 3.03. The molecule has 0 fully saturated rings. The van der Waals surface area contributed by atoms with Gasteiger partial charge in [-0.05, 0) is 6.92 Å². The highest BCUT2D eigenvalue weighted by Gasteiger charge is 2.17. The molecule has 19 heavy (non-hydrogen) atoms. The monoisotopic (exact) mass is 280 g/mol. The normalized spacial score (nSPS) is 10.7. The number of aryl methyl sites for hydroxylation is 1. The molecule has 7 heteroatoms. The van der Waals surface area contributed by atoms with Crippen molar-refractivity contribution >= 4 is 17.2 Å². The predicted molar refractivity (Wildman–Crippen MR) is 73.0 cm³/mol. The summed E-state index contributed by atoms with van der Waals surface area (Å²) in [7, 11) is 1.84. The van der Waals surface area contributed by atoms with E-state index in [4.69, 9.17) is 5.11 Å². The van der Waals surface area contributed by atoms with E-state index in [0.29, 0.717) is 18.0 Å². The first-order chi connectivity index (χ1) is 9.15. The van der Waals surface area contributed by atoms with Crippen LogP contribution in [-0.4, -0.2) is 50.4 Å². The van der Waals surface area contributed by atoms with E-state index < -0.39 is 0 Å². The summed E-state index contributed by atoms with van der Waals surface area (Å²) in [4.78, 5) is 18.6. The number of aliphatic hydroxyl groups is 1. The average molecular weight is 280 g/mol. The Balaban J connectivity index is 2.18. The van der Waals surface area contributed by atoms with Gasteiger partial charge in [0, 0.05) is 31.9 Å². The van der Waals surface area contributed by atoms with Crippen LogP contribution in [0, 0.1) is 0 Å². The minimum atomic E-state index is -0.0933. The number of thiazole rings is 1. The fourth-order valence-corrected chi connectivity index (χ4v) is 2.58. The molecule has 0 saturated heterocycles. The summed E-state index contributed by atoms with van der Waals surface area (Å²) in [5.74, 6) is -0.0933. The third kappa shape index (κ3) is 2.99. The fourth-order valence-electron chi connectivity index (χ4n) is 1.72. The number of hydrogen-bond donors (Lipinski definition) is 1. The van der Waals surface area contributed by atoms with Crippen molar-refractivity contribution in [3.8, 4) is 10.6 Å². The molecule has 0 spiro atoms. The highest BCUT2D eigenvalue weighted by molar-refractivity contribution is 7.16. The van der Waals surface area contributed by atoms with E-state index in [1.165, 1.54) is 11.3 Å². The van der Waals surface area contributed by atoms with Crippen LogP contribution < -0.4 is 0 Å². The van der Waals surface area contributed by atoms with Crippen LogP contribution in [0.15, 0.2) is 18.6 Å². The van der Waals surface area contributed by atoms with Crippen molar-refractivity contribution < 1.29 is 9.90 Å². The zero-order valence-electron chi connectivity index (χ0n) is 10.9. The summed E-state index contributed by atoms with van der Waals surface area (Å²) in [6, 6.07) is 0. The van der Waals surface area contributed by atoms with Crippen molar-refractivity contribution in [1.29, 1.82) is 0 Å². The topological polar surface area (TPSA) is 71.2 Å². The van der Waals surface area contributed by atoms with Gasteiger partial charge in [-0.1, -0.05) is 0 Å². The Morgan fingerprint density at radius 3 is 2.89 bits per heavy atom. The summed E-state index contributed by atoms with van der Waals surface area (Å²) in [5.41, 5.74) is 0.900. The molecular formula is C12H16N4O2S. The standard InChI is InChI=1S/C12H16N4O2S/c1-3-16(4-5-17)12(18)10-7-13-11(19-10)9-6-14-15(2)8-9/h6-8,17H,3-5H2,1-2H3. The number of aliphatic hydroxyl groups excluding tert-OH is 1. The molecule has 0 unspecified atom stereocenters. The molecule has 0 saturated carbocycles. The minimum Gasteiger partial charge on any atom is -0.395 e. The molecule has 2 heterocycles. The molecule has 0 atom stereocenters. The van der Waals surface area contributed by atoms with Gasteiger partial charge in [-0.3, -0.25) is 9.48 Å². The van der Waals surface area contributed by atoms with Crippen LogP contribution in [-0.2, 0) is 7.05 Å². The molecule has 2 aromatic heterocycles. The summed E-state index contributed by atoms with van der Waals surface area (Å²) >= 11 is 1.34. The number of carbonyl (C=O) groups excluding carboxylic acids is 1. The summed E-state index contributed by atoms with van der Waals surface area (Å²) < 4.78 is 1.70. The van der Waals surface area contributed by atoms with Crippen molar-refractivity contribution in [3.05, 3.63) is 23.5 Å². The largest absolute Gasteiger partial charge is 0.395 e. The quantitative estimate of drug-likeness (QED) is 0.887. The van der Waals surface area contributed by atoms with Gasteiger partial charge in [-0.25, -0.2) is 4.98 Å². The molecule has 2 aromatic rings. The van der Waals surface area contributed by atoms with E-state index in [9.17, 15) is 4.79 Å². The van der Waals surface area contributed by atoms with Gasteiger partial charge >= 0.3 is 0 Å². The molecule has 0 aliphatic heterocycles. The molecule has 0 bridgehead atoms. The van der Waals surface area contributed by atoms with E-state index in [0.717, 1.165) is 10.6 Å². The number of nitrogens with zero attached hydrogens (tertiary/aromatic N) is 4. The third-order valence-corrected chi connectivity index (χ3v) is 3.74. The Labute approximate surface area is 115 Å². The Morgan fingerprint density at radius 1 is 1.53 bits per heavy atom. The highest BCUT2D eigenvalue weighted by atomic mass is 32.1. The maximum atomic E-state index is 12.2. The van der Waals surface area contributed by atoms with Crippen molar-refractivity contribution in [2.24, 2.45) is 7.05 Å². The second-order valence-corrected chi connectivity index (χ2v) is 5.07. The molecule has 2 rings (SSSR count). The van der Waals surface area contributed by atoms with E-state index in [1.807, 2.05) is 20.2 Å². The Hall–Kier alpha value is -1.73. The maximum absolute atomic E-state index is 12.2. The van der Waals surface area contributed by atoms with E-state index in [2.05, 4.69) is 10.1 Å². The number of rotatable bonds is 5. The number of amides is 1. The van der Waals surface area contributed by atoms with Crippen LogP contribution >= 0.6 is 11.3 Å². The molecule has 0 aromatic carbocycles. The van der Waals surface area contributed by atoms with Crippen LogP contribution in [0.1, 0.15) is 16.6 Å². The molecule has 1 N–H and O–H groups in total. The molecular weight excluding hydrogens is 264 g/mol. The van der Waals surface area contributed by atoms with Gasteiger partial charge in [0.2, 0.25) is 0 Å². The zero-order chi connectivity index (χ0) is 13.8. The number of hydrogen-bond acceptors (Lipinski definition) is 5. The van der Waals surface area contributed by atoms with Gasteiger partial charge < -0.3 is 10.0 Å². The highest BCUT2D eigenvalue weighted by Crippen LogP contribution is 2.25. The Bertz CT molecular complexity index is 564. The number of carbonyl (C=O) groups is 1. The van der Waals surface area contributed by atoms with Crippen LogP contribution in [0.2, 0.25) is 0 Å². The van der Waals surface area contributed by atoms with E-state index in [1.54, 1.807) is 22.0 Å². The lowest BCUT2D eigenvalue weighted by atomic mass is 10.4. The molecule has 0 radical (unpaired) electrons. The third-order valence-electron chi connectivity index (χ3n) is 2.71. The molecule has 0 aliphatic rings. The molecule has 0 aliphatic carbocycles. The first-order valence-electron chi connectivity index (χ1n) is 6.00.